The Kier molecular flexibility index (Phi) is 6.56. The number of H-pyrrole nitrogens is 2. The fourth-order valence-electron chi connectivity index (χ4n) is 5.26. The molecule has 3 aromatic carbocycles. The van der Waals surface area contributed by atoms with Gasteiger partial charge < -0.3 is 20.6 Å². The summed E-state index contributed by atoms with van der Waals surface area (Å²) >= 11 is 0. The van der Waals surface area contributed by atoms with E-state index in [0.717, 1.165) is 67.6 Å². The van der Waals surface area contributed by atoms with Gasteiger partial charge in [0.15, 0.2) is 0 Å². The van der Waals surface area contributed by atoms with Crippen LogP contribution in [0.25, 0.3) is 44.8 Å². The Morgan fingerprint density at radius 3 is 1.43 bits per heavy atom. The van der Waals surface area contributed by atoms with Crippen molar-refractivity contribution in [1.82, 2.24) is 29.9 Å². The third-order valence-electron chi connectivity index (χ3n) is 7.43. The molecule has 2 atom stereocenters. The molecule has 0 bridgehead atoms. The first-order chi connectivity index (χ1) is 20.6. The van der Waals surface area contributed by atoms with E-state index in [2.05, 4.69) is 80.8 Å². The molecule has 0 aliphatic rings. The number of aromatic nitrogens is 6. The van der Waals surface area contributed by atoms with Crippen LogP contribution < -0.4 is 10.6 Å². The maximum absolute atomic E-state index is 4.92. The first-order valence-corrected chi connectivity index (χ1v) is 14.0. The van der Waals surface area contributed by atoms with Gasteiger partial charge in [0.25, 0.3) is 0 Å². The lowest BCUT2D eigenvalue weighted by Crippen LogP contribution is -2.07. The summed E-state index contributed by atoms with van der Waals surface area (Å²) in [6, 6.07) is 32.6. The number of fused-ring (bicyclic) bond motifs is 2. The molecule has 7 aromatic rings. The number of imidazole rings is 2. The molecular formula is C34H30N8. The normalized spacial score (nSPS) is 12.8. The van der Waals surface area contributed by atoms with Gasteiger partial charge in [-0.25, -0.2) is 9.97 Å². The van der Waals surface area contributed by atoms with Gasteiger partial charge in [0.05, 0.1) is 45.5 Å². The molecule has 0 saturated heterocycles. The minimum Gasteiger partial charge on any atom is -0.377 e. The molecule has 0 saturated carbocycles. The molecule has 7 rings (SSSR count). The minimum atomic E-state index is 0.0776. The Balaban J connectivity index is 1.17. The summed E-state index contributed by atoms with van der Waals surface area (Å²) in [5.41, 5.74) is 9.67. The largest absolute Gasteiger partial charge is 0.377 e. The van der Waals surface area contributed by atoms with Crippen LogP contribution in [-0.2, 0) is 0 Å². The number of aromatic amines is 2. The number of rotatable bonds is 8. The standard InChI is InChI=1S/C34H30N8/c1-21(27-11-5-7-17-35-27)37-23-13-15-29-31(19-23)41-33(39-29)25-9-3-4-10-26(25)34-40-30-16-14-24(20-32(30)42-34)38-22(2)28-12-6-8-18-36-28/h3-22,37-38H,1-2H3,(H,39,41)(H,40,42). The summed E-state index contributed by atoms with van der Waals surface area (Å²) < 4.78 is 0. The Hall–Kier alpha value is -5.50. The zero-order chi connectivity index (χ0) is 28.5. The molecule has 0 amide bonds. The van der Waals surface area contributed by atoms with Crippen molar-refractivity contribution in [3.63, 3.8) is 0 Å². The molecule has 8 nitrogen and oxygen atoms in total. The third kappa shape index (κ3) is 5.06. The van der Waals surface area contributed by atoms with Crippen molar-refractivity contribution in [3.8, 4) is 22.8 Å². The Bertz CT molecular complexity index is 1830. The van der Waals surface area contributed by atoms with Crippen LogP contribution in [0.15, 0.2) is 109 Å². The predicted octanol–water partition coefficient (Wildman–Crippen LogP) is 7.91. The highest BCUT2D eigenvalue weighted by atomic mass is 15.0. The fraction of sp³-hybridized carbons (Fsp3) is 0.118. The van der Waals surface area contributed by atoms with Crippen molar-refractivity contribution in [2.45, 2.75) is 25.9 Å². The smallest absolute Gasteiger partial charge is 0.139 e. The summed E-state index contributed by atoms with van der Waals surface area (Å²) in [6.45, 7) is 4.21. The van der Waals surface area contributed by atoms with Crippen LogP contribution in [-0.4, -0.2) is 29.9 Å². The summed E-state index contributed by atoms with van der Waals surface area (Å²) in [5.74, 6) is 1.59. The second-order valence-electron chi connectivity index (χ2n) is 10.4. The van der Waals surface area contributed by atoms with Gasteiger partial charge in [0.2, 0.25) is 0 Å². The number of nitrogens with one attached hydrogen (secondary N) is 4. The van der Waals surface area contributed by atoms with E-state index in [1.807, 2.05) is 73.1 Å². The molecule has 0 radical (unpaired) electrons. The average molecular weight is 551 g/mol. The quantitative estimate of drug-likeness (QED) is 0.153. The van der Waals surface area contributed by atoms with Crippen molar-refractivity contribution in [3.05, 3.63) is 121 Å². The van der Waals surface area contributed by atoms with Gasteiger partial charge in [0.1, 0.15) is 11.6 Å². The number of hydrogen-bond donors (Lipinski definition) is 4. The maximum atomic E-state index is 4.92. The van der Waals surface area contributed by atoms with Crippen LogP contribution in [0.5, 0.6) is 0 Å². The summed E-state index contributed by atoms with van der Waals surface area (Å²) in [7, 11) is 0. The lowest BCUT2D eigenvalue weighted by Gasteiger charge is -2.14. The van der Waals surface area contributed by atoms with Crippen molar-refractivity contribution in [2.24, 2.45) is 0 Å². The van der Waals surface area contributed by atoms with Gasteiger partial charge in [-0.1, -0.05) is 36.4 Å². The van der Waals surface area contributed by atoms with E-state index in [1.165, 1.54) is 0 Å². The molecule has 206 valence electrons. The van der Waals surface area contributed by atoms with E-state index >= 15 is 0 Å². The van der Waals surface area contributed by atoms with Crippen molar-refractivity contribution < 1.29 is 0 Å². The van der Waals surface area contributed by atoms with Crippen LogP contribution in [0.3, 0.4) is 0 Å². The minimum absolute atomic E-state index is 0.0776. The van der Waals surface area contributed by atoms with E-state index in [-0.39, 0.29) is 12.1 Å². The molecular weight excluding hydrogens is 520 g/mol. The second kappa shape index (κ2) is 10.8. The molecule has 42 heavy (non-hydrogen) atoms. The highest BCUT2D eigenvalue weighted by Gasteiger charge is 2.16. The van der Waals surface area contributed by atoms with E-state index in [1.54, 1.807) is 0 Å². The summed E-state index contributed by atoms with van der Waals surface area (Å²) in [5, 5.41) is 7.09. The highest BCUT2D eigenvalue weighted by Crippen LogP contribution is 2.33. The molecule has 0 fully saturated rings. The molecule has 4 N–H and O–H groups in total. The summed E-state index contributed by atoms with van der Waals surface area (Å²) in [4.78, 5) is 25.8. The van der Waals surface area contributed by atoms with E-state index < -0.39 is 0 Å². The number of hydrogen-bond acceptors (Lipinski definition) is 6. The van der Waals surface area contributed by atoms with E-state index in [0.29, 0.717) is 0 Å². The molecule has 8 heteroatoms. The monoisotopic (exact) mass is 550 g/mol. The molecule has 4 heterocycles. The van der Waals surface area contributed by atoms with Crippen LogP contribution in [0.2, 0.25) is 0 Å². The predicted molar refractivity (Wildman–Crippen MR) is 169 cm³/mol. The van der Waals surface area contributed by atoms with Crippen molar-refractivity contribution in [1.29, 1.82) is 0 Å². The zero-order valence-corrected chi connectivity index (χ0v) is 23.3. The van der Waals surface area contributed by atoms with E-state index in [4.69, 9.17) is 9.97 Å². The van der Waals surface area contributed by atoms with Gasteiger partial charge in [-0.2, -0.15) is 0 Å². The Morgan fingerprint density at radius 1 is 0.548 bits per heavy atom. The number of pyridine rings is 2. The average Bonchev–Trinajstić information content (AvgIpc) is 3.66. The van der Waals surface area contributed by atoms with Crippen LogP contribution >= 0.6 is 0 Å². The molecule has 0 spiro atoms. The topological polar surface area (TPSA) is 107 Å². The van der Waals surface area contributed by atoms with E-state index in [9.17, 15) is 0 Å². The Labute approximate surface area is 243 Å². The van der Waals surface area contributed by atoms with Crippen LogP contribution in [0.1, 0.15) is 37.3 Å². The number of anilines is 2. The first-order valence-electron chi connectivity index (χ1n) is 14.0. The SMILES string of the molecule is CC(Nc1ccc2nc(-c3ccccc3-c3nc4ccc(NC(C)c5ccccn5)cc4[nH]3)[nH]c2c1)c1ccccn1. The molecule has 4 aromatic heterocycles. The first kappa shape index (κ1) is 25.5. The molecule has 2 unspecified atom stereocenters. The number of benzene rings is 3. The number of nitrogens with zero attached hydrogens (tertiary/aromatic N) is 4. The van der Waals surface area contributed by atoms with Gasteiger partial charge in [-0.3, -0.25) is 9.97 Å². The second-order valence-corrected chi connectivity index (χ2v) is 10.4. The Morgan fingerprint density at radius 2 is 1.00 bits per heavy atom. The van der Waals surface area contributed by atoms with Gasteiger partial charge in [-0.15, -0.1) is 0 Å². The molecule has 0 aliphatic heterocycles. The van der Waals surface area contributed by atoms with Crippen molar-refractivity contribution in [2.75, 3.05) is 10.6 Å². The van der Waals surface area contributed by atoms with Gasteiger partial charge >= 0.3 is 0 Å². The highest BCUT2D eigenvalue weighted by molar-refractivity contribution is 5.89. The van der Waals surface area contributed by atoms with Crippen LogP contribution in [0.4, 0.5) is 11.4 Å². The zero-order valence-electron chi connectivity index (χ0n) is 23.3. The lowest BCUT2D eigenvalue weighted by atomic mass is 10.1. The maximum Gasteiger partial charge on any atom is 0.139 e. The van der Waals surface area contributed by atoms with Gasteiger partial charge in [-0.05, 0) is 74.5 Å². The fourth-order valence-corrected chi connectivity index (χ4v) is 5.26. The van der Waals surface area contributed by atoms with Crippen molar-refractivity contribution >= 4 is 33.4 Å². The van der Waals surface area contributed by atoms with Gasteiger partial charge in [0, 0.05) is 34.9 Å². The van der Waals surface area contributed by atoms with Crippen LogP contribution in [0, 0.1) is 0 Å². The summed E-state index contributed by atoms with van der Waals surface area (Å²) in [6.07, 6.45) is 3.63. The molecule has 0 aliphatic carbocycles. The lowest BCUT2D eigenvalue weighted by molar-refractivity contribution is 0.840. The third-order valence-corrected chi connectivity index (χ3v) is 7.43.